The van der Waals surface area contributed by atoms with E-state index >= 15 is 0 Å². The summed E-state index contributed by atoms with van der Waals surface area (Å²) >= 11 is 12.1. The fourth-order valence-electron chi connectivity index (χ4n) is 1.34. The molecule has 5 nitrogen and oxygen atoms in total. The third kappa shape index (κ3) is 4.01. The Morgan fingerprint density at radius 1 is 1.21 bits per heavy atom. The van der Waals surface area contributed by atoms with E-state index in [-0.39, 0.29) is 28.0 Å². The van der Waals surface area contributed by atoms with Crippen LogP contribution in [0.1, 0.15) is 19.4 Å². The standard InChI is InChI=1S/C12H12Cl2O5/c1-6(15)18-5-8-11(14)10(17-3)4-9(13)12(8)19-7(2)16/h4H,5H2,1-3H3. The number of carbonyl (C=O) groups excluding carboxylic acids is 2. The van der Waals surface area contributed by atoms with Crippen molar-refractivity contribution in [3.05, 3.63) is 21.7 Å². The molecule has 0 radical (unpaired) electrons. The maximum absolute atomic E-state index is 11.1. The third-order valence-corrected chi connectivity index (χ3v) is 2.81. The molecule has 0 spiro atoms. The average Bonchev–Trinajstić information content (AvgIpc) is 2.32. The van der Waals surface area contributed by atoms with Gasteiger partial charge in [-0.15, -0.1) is 0 Å². The van der Waals surface area contributed by atoms with Crippen LogP contribution in [0.4, 0.5) is 0 Å². The van der Waals surface area contributed by atoms with Gasteiger partial charge in [0.05, 0.1) is 22.7 Å². The predicted octanol–water partition coefficient (Wildman–Crippen LogP) is 2.99. The smallest absolute Gasteiger partial charge is 0.308 e. The number of ether oxygens (including phenoxy) is 3. The molecule has 0 bridgehead atoms. The molecule has 19 heavy (non-hydrogen) atoms. The van der Waals surface area contributed by atoms with Crippen LogP contribution in [0, 0.1) is 0 Å². The van der Waals surface area contributed by atoms with Crippen LogP contribution >= 0.6 is 23.2 Å². The average molecular weight is 307 g/mol. The monoisotopic (exact) mass is 306 g/mol. The number of benzene rings is 1. The second kappa shape index (κ2) is 6.63. The van der Waals surface area contributed by atoms with Crippen molar-refractivity contribution in [1.29, 1.82) is 0 Å². The second-order valence-electron chi connectivity index (χ2n) is 3.56. The Hall–Kier alpha value is -1.46. The van der Waals surface area contributed by atoms with Crippen molar-refractivity contribution in [2.75, 3.05) is 7.11 Å². The van der Waals surface area contributed by atoms with Crippen molar-refractivity contribution in [3.8, 4) is 11.5 Å². The summed E-state index contributed by atoms with van der Waals surface area (Å²) in [5.74, 6) is -0.707. The first-order valence-electron chi connectivity index (χ1n) is 5.23. The molecule has 1 aromatic carbocycles. The number of rotatable bonds is 4. The van der Waals surface area contributed by atoms with Gasteiger partial charge in [0.25, 0.3) is 0 Å². The van der Waals surface area contributed by atoms with Gasteiger partial charge in [-0.25, -0.2) is 0 Å². The van der Waals surface area contributed by atoms with Crippen LogP contribution in [0.25, 0.3) is 0 Å². The molecule has 0 heterocycles. The number of esters is 2. The number of carbonyl (C=O) groups is 2. The summed E-state index contributed by atoms with van der Waals surface area (Å²) in [4.78, 5) is 21.9. The molecule has 7 heteroatoms. The van der Waals surface area contributed by atoms with Crippen molar-refractivity contribution >= 4 is 35.1 Å². The Labute approximate surface area is 120 Å². The molecule has 1 rings (SSSR count). The Kier molecular flexibility index (Phi) is 5.44. The summed E-state index contributed by atoms with van der Waals surface area (Å²) in [5.41, 5.74) is 0.274. The topological polar surface area (TPSA) is 61.8 Å². The third-order valence-electron chi connectivity index (χ3n) is 2.12. The summed E-state index contributed by atoms with van der Waals surface area (Å²) in [6.07, 6.45) is 0. The zero-order valence-electron chi connectivity index (χ0n) is 10.6. The second-order valence-corrected chi connectivity index (χ2v) is 4.34. The first kappa shape index (κ1) is 15.6. The highest BCUT2D eigenvalue weighted by Crippen LogP contribution is 2.41. The number of hydrogen-bond acceptors (Lipinski definition) is 5. The molecule has 104 valence electrons. The van der Waals surface area contributed by atoms with Crippen molar-refractivity contribution in [1.82, 2.24) is 0 Å². The van der Waals surface area contributed by atoms with Gasteiger partial charge in [0.2, 0.25) is 0 Å². The Balaban J connectivity index is 3.29. The molecular weight excluding hydrogens is 295 g/mol. The summed E-state index contributed by atoms with van der Waals surface area (Å²) in [7, 11) is 1.42. The van der Waals surface area contributed by atoms with E-state index < -0.39 is 11.9 Å². The molecule has 0 N–H and O–H groups in total. The van der Waals surface area contributed by atoms with Crippen LogP contribution in [0.3, 0.4) is 0 Å². The molecule has 0 atom stereocenters. The molecule has 0 unspecified atom stereocenters. The van der Waals surface area contributed by atoms with Gasteiger partial charge in [0.1, 0.15) is 12.4 Å². The van der Waals surface area contributed by atoms with E-state index in [0.29, 0.717) is 5.75 Å². The summed E-state index contributed by atoms with van der Waals surface area (Å²) in [6, 6.07) is 1.42. The minimum atomic E-state index is -0.563. The Morgan fingerprint density at radius 2 is 1.84 bits per heavy atom. The lowest BCUT2D eigenvalue weighted by molar-refractivity contribution is -0.142. The molecule has 0 aliphatic heterocycles. The van der Waals surface area contributed by atoms with Crippen LogP contribution in [-0.2, 0) is 20.9 Å². The van der Waals surface area contributed by atoms with Crippen LogP contribution in [0.2, 0.25) is 10.0 Å². The molecule has 0 amide bonds. The van der Waals surface area contributed by atoms with E-state index in [1.807, 2.05) is 0 Å². The lowest BCUT2D eigenvalue weighted by Crippen LogP contribution is -2.08. The number of halogens is 2. The molecule has 0 aliphatic carbocycles. The predicted molar refractivity (Wildman–Crippen MR) is 69.8 cm³/mol. The SMILES string of the molecule is COc1cc(Cl)c(OC(C)=O)c(COC(C)=O)c1Cl. The minimum absolute atomic E-state index is 0.0567. The molecule has 1 aromatic rings. The molecule has 0 aromatic heterocycles. The zero-order chi connectivity index (χ0) is 14.6. The number of methoxy groups -OCH3 is 1. The van der Waals surface area contributed by atoms with Crippen molar-refractivity contribution in [2.45, 2.75) is 20.5 Å². The van der Waals surface area contributed by atoms with Gasteiger partial charge in [-0.05, 0) is 0 Å². The Bertz CT molecular complexity index is 513. The van der Waals surface area contributed by atoms with Gasteiger partial charge in [-0.2, -0.15) is 0 Å². The van der Waals surface area contributed by atoms with E-state index in [1.54, 1.807) is 0 Å². The largest absolute Gasteiger partial charge is 0.495 e. The molecule has 0 saturated heterocycles. The van der Waals surface area contributed by atoms with Crippen LogP contribution in [-0.4, -0.2) is 19.0 Å². The maximum Gasteiger partial charge on any atom is 0.308 e. The van der Waals surface area contributed by atoms with E-state index in [4.69, 9.17) is 37.4 Å². The Morgan fingerprint density at radius 3 is 2.32 bits per heavy atom. The van der Waals surface area contributed by atoms with Crippen LogP contribution < -0.4 is 9.47 Å². The van der Waals surface area contributed by atoms with Gasteiger partial charge < -0.3 is 14.2 Å². The van der Waals surface area contributed by atoms with Crippen LogP contribution in [0.15, 0.2) is 6.07 Å². The number of hydrogen-bond donors (Lipinski definition) is 0. The van der Waals surface area contributed by atoms with Gasteiger partial charge in [-0.1, -0.05) is 23.2 Å². The first-order valence-corrected chi connectivity index (χ1v) is 5.99. The lowest BCUT2D eigenvalue weighted by Gasteiger charge is -2.15. The summed E-state index contributed by atoms with van der Waals surface area (Å²) in [5, 5.41) is 0.308. The van der Waals surface area contributed by atoms with Gasteiger partial charge in [-0.3, -0.25) is 9.59 Å². The highest BCUT2D eigenvalue weighted by molar-refractivity contribution is 6.36. The normalized spacial score (nSPS) is 9.95. The molecule has 0 fully saturated rings. The molecule has 0 aliphatic rings. The van der Waals surface area contributed by atoms with E-state index in [2.05, 4.69) is 0 Å². The fourth-order valence-corrected chi connectivity index (χ4v) is 1.87. The quantitative estimate of drug-likeness (QED) is 0.632. The maximum atomic E-state index is 11.1. The van der Waals surface area contributed by atoms with Gasteiger partial charge in [0, 0.05) is 19.9 Å². The van der Waals surface area contributed by atoms with Gasteiger partial charge >= 0.3 is 11.9 Å². The first-order chi connectivity index (χ1) is 8.86. The molecular formula is C12H12Cl2O5. The fraction of sp³-hybridized carbons (Fsp3) is 0.333. The van der Waals surface area contributed by atoms with Gasteiger partial charge in [0.15, 0.2) is 5.75 Å². The summed E-state index contributed by atoms with van der Waals surface area (Å²) in [6.45, 7) is 2.30. The zero-order valence-corrected chi connectivity index (χ0v) is 12.1. The van der Waals surface area contributed by atoms with Crippen molar-refractivity contribution in [2.24, 2.45) is 0 Å². The van der Waals surface area contributed by atoms with E-state index in [0.717, 1.165) is 0 Å². The highest BCUT2D eigenvalue weighted by Gasteiger charge is 2.20. The highest BCUT2D eigenvalue weighted by atomic mass is 35.5. The minimum Gasteiger partial charge on any atom is -0.495 e. The van der Waals surface area contributed by atoms with Crippen molar-refractivity contribution < 1.29 is 23.8 Å². The van der Waals surface area contributed by atoms with Crippen LogP contribution in [0.5, 0.6) is 11.5 Å². The molecule has 0 saturated carbocycles. The van der Waals surface area contributed by atoms with E-state index in [1.165, 1.54) is 27.0 Å². The lowest BCUT2D eigenvalue weighted by atomic mass is 10.2. The van der Waals surface area contributed by atoms with Crippen molar-refractivity contribution in [3.63, 3.8) is 0 Å². The summed E-state index contributed by atoms with van der Waals surface area (Å²) < 4.78 is 14.9. The van der Waals surface area contributed by atoms with E-state index in [9.17, 15) is 9.59 Å².